The number of furan rings is 1. The lowest BCUT2D eigenvalue weighted by Gasteiger charge is -2.45. The molecule has 0 spiro atoms. The molecule has 11 aromatic carbocycles. The van der Waals surface area contributed by atoms with E-state index < -0.39 is 0 Å². The maximum Gasteiger partial charge on any atom is 0.252 e. The van der Waals surface area contributed by atoms with Crippen molar-refractivity contribution >= 4 is 160 Å². The maximum atomic E-state index is 10.8. The minimum absolute atomic E-state index is 0.211. The van der Waals surface area contributed by atoms with Crippen molar-refractivity contribution in [1.29, 1.82) is 5.26 Å². The van der Waals surface area contributed by atoms with Crippen molar-refractivity contribution in [2.45, 2.75) is 26.2 Å². The van der Waals surface area contributed by atoms with Crippen LogP contribution in [-0.4, -0.2) is 15.8 Å². The number of nitriles is 1. The minimum Gasteiger partial charge on any atom is -0.456 e. The summed E-state index contributed by atoms with van der Waals surface area (Å²) in [4.78, 5) is 9.13. The van der Waals surface area contributed by atoms with Gasteiger partial charge < -0.3 is 23.4 Å². The monoisotopic (exact) mass is 1050 g/mol. The van der Waals surface area contributed by atoms with Crippen LogP contribution in [0, 0.1) is 17.9 Å². The molecule has 4 aromatic heterocycles. The largest absolute Gasteiger partial charge is 0.456 e. The average molecular weight is 1050 g/mol. The van der Waals surface area contributed by atoms with E-state index >= 15 is 0 Å². The first-order chi connectivity index (χ1) is 39.7. The Labute approximate surface area is 470 Å². The molecular formula is C72H45BN6OS. The van der Waals surface area contributed by atoms with Crippen molar-refractivity contribution in [3.8, 4) is 17.4 Å². The third-order valence-corrected chi connectivity index (χ3v) is 18.4. The van der Waals surface area contributed by atoms with Crippen LogP contribution < -0.4 is 26.2 Å². The van der Waals surface area contributed by atoms with E-state index in [0.29, 0.717) is 11.3 Å². The summed E-state index contributed by atoms with van der Waals surface area (Å²) in [6.07, 6.45) is 0. The van der Waals surface area contributed by atoms with Crippen LogP contribution in [0.2, 0.25) is 0 Å². The minimum atomic E-state index is -0.267. The number of nitrogens with zero attached hydrogens (tertiary/aromatic N) is 6. The molecule has 378 valence electrons. The lowest BCUT2D eigenvalue weighted by molar-refractivity contribution is 0.590. The summed E-state index contributed by atoms with van der Waals surface area (Å²) < 4.78 is 13.8. The number of rotatable bonds is 4. The van der Waals surface area contributed by atoms with Gasteiger partial charge in [0.15, 0.2) is 0 Å². The molecule has 0 aliphatic carbocycles. The molecular weight excluding hydrogens is 1010 g/mol. The molecule has 17 rings (SSSR count). The molecule has 0 atom stereocenters. The fourth-order valence-corrected chi connectivity index (χ4v) is 14.8. The fourth-order valence-electron chi connectivity index (χ4n) is 13.7. The first kappa shape index (κ1) is 45.7. The summed E-state index contributed by atoms with van der Waals surface area (Å²) in [5.74, 6) is 0. The van der Waals surface area contributed by atoms with Crippen LogP contribution in [0.1, 0.15) is 31.9 Å². The zero-order chi connectivity index (χ0) is 54.0. The van der Waals surface area contributed by atoms with Crippen LogP contribution in [0.15, 0.2) is 223 Å². The number of fused-ring (bicyclic) bond motifs is 16. The second-order valence-electron chi connectivity index (χ2n) is 22.6. The van der Waals surface area contributed by atoms with Gasteiger partial charge in [-0.2, -0.15) is 5.26 Å². The molecule has 0 saturated heterocycles. The number of thiophene rings is 1. The van der Waals surface area contributed by atoms with E-state index in [9.17, 15) is 5.26 Å². The van der Waals surface area contributed by atoms with E-state index in [1.807, 2.05) is 47.7 Å². The highest BCUT2D eigenvalue weighted by atomic mass is 32.1. The van der Waals surface area contributed by atoms with Crippen molar-refractivity contribution in [3.05, 3.63) is 241 Å². The van der Waals surface area contributed by atoms with Crippen LogP contribution >= 0.6 is 11.3 Å². The van der Waals surface area contributed by atoms with E-state index in [-0.39, 0.29) is 12.1 Å². The van der Waals surface area contributed by atoms with Gasteiger partial charge in [0.05, 0.1) is 34.2 Å². The Kier molecular flexibility index (Phi) is 9.37. The van der Waals surface area contributed by atoms with Crippen molar-refractivity contribution in [1.82, 2.24) is 9.13 Å². The predicted molar refractivity (Wildman–Crippen MR) is 339 cm³/mol. The van der Waals surface area contributed by atoms with Crippen LogP contribution in [0.4, 0.5) is 39.8 Å². The summed E-state index contributed by atoms with van der Waals surface area (Å²) in [6.45, 7) is 15.2. The molecule has 0 amide bonds. The number of hydrogen-bond donors (Lipinski definition) is 0. The van der Waals surface area contributed by atoms with E-state index in [1.54, 1.807) is 0 Å². The predicted octanol–water partition coefficient (Wildman–Crippen LogP) is 18.0. The number of benzene rings is 11. The first-order valence-corrected chi connectivity index (χ1v) is 28.3. The molecule has 2 aliphatic heterocycles. The Hall–Kier alpha value is -10.3. The Bertz CT molecular complexity index is 5040. The quantitative estimate of drug-likeness (QED) is 0.130. The smallest absolute Gasteiger partial charge is 0.252 e. The van der Waals surface area contributed by atoms with Crippen molar-refractivity contribution in [2.24, 2.45) is 0 Å². The Morgan fingerprint density at radius 1 is 0.469 bits per heavy atom. The van der Waals surface area contributed by atoms with Gasteiger partial charge in [-0.05, 0) is 124 Å². The highest BCUT2D eigenvalue weighted by Crippen LogP contribution is 2.50. The fraction of sp³-hybridized carbons (Fsp3) is 0.0556. The maximum absolute atomic E-state index is 10.8. The van der Waals surface area contributed by atoms with E-state index in [0.717, 1.165) is 117 Å². The Balaban J connectivity index is 0.996. The van der Waals surface area contributed by atoms with Gasteiger partial charge in [-0.3, -0.25) is 0 Å². The van der Waals surface area contributed by atoms with Gasteiger partial charge in [0.25, 0.3) is 6.71 Å². The highest BCUT2D eigenvalue weighted by molar-refractivity contribution is 7.25. The van der Waals surface area contributed by atoms with Crippen LogP contribution in [-0.2, 0) is 5.41 Å². The van der Waals surface area contributed by atoms with Crippen molar-refractivity contribution < 1.29 is 4.42 Å². The Morgan fingerprint density at radius 3 is 1.67 bits per heavy atom. The molecule has 9 heteroatoms. The number of hydrogen-bond acceptors (Lipinski definition) is 5. The lowest BCUT2D eigenvalue weighted by atomic mass is 9.33. The molecule has 2 aliphatic rings. The SMILES string of the molecule is [C-]#[N+]c1cccc2c3ccccc3n(-c3ccc4c(c3)N(c3ccc5c(c3)oc3ccccc35)c3cc(C(C)(C)C)cc5c3B4c3ccc(-n4c6ccccc6c6cccc(C#N)c64)cc3N5c3ccc4c(c3)sc3ccccc34)c12. The standard InChI is InChI=1S/C72H45BN6OS/c1-72(2,3)43-35-63-69-64(36-43)77(47-28-32-53-52-19-8-12-26-67(52)81-68(53)40-47)62-37-44(78-59-23-9-5-16-48(59)54-20-13-15-42(41-74)70(54)78)29-33-57(62)73(69)56-34-30-45(79-60-24-10-6-17-49(60)55-21-14-22-58(75-4)71(55)79)38-61(56)76(63)46-27-31-51-50-18-7-11-25-65(50)80-66(51)39-46/h5-40H,1-3H3. The third kappa shape index (κ3) is 6.38. The van der Waals surface area contributed by atoms with E-state index in [4.69, 9.17) is 11.0 Å². The summed E-state index contributed by atoms with van der Waals surface area (Å²) in [5, 5.41) is 19.7. The number of aromatic nitrogens is 2. The van der Waals surface area contributed by atoms with E-state index in [1.165, 1.54) is 36.7 Å². The van der Waals surface area contributed by atoms with Crippen molar-refractivity contribution in [3.63, 3.8) is 0 Å². The molecule has 0 saturated carbocycles. The zero-order valence-electron chi connectivity index (χ0n) is 44.4. The zero-order valence-corrected chi connectivity index (χ0v) is 45.2. The molecule has 81 heavy (non-hydrogen) atoms. The summed E-state index contributed by atoms with van der Waals surface area (Å²) in [5.41, 5.74) is 19.5. The van der Waals surface area contributed by atoms with Crippen LogP contribution in [0.3, 0.4) is 0 Å². The van der Waals surface area contributed by atoms with Gasteiger partial charge in [0.1, 0.15) is 17.2 Å². The molecule has 0 radical (unpaired) electrons. The summed E-state index contributed by atoms with van der Waals surface area (Å²) in [6, 6.07) is 81.3. The molecule has 0 fully saturated rings. The molecule has 6 heterocycles. The number of para-hydroxylation sites is 5. The van der Waals surface area contributed by atoms with E-state index in [2.05, 4.69) is 233 Å². The topological polar surface area (TPSA) is 57.6 Å². The van der Waals surface area contributed by atoms with Gasteiger partial charge in [-0.25, -0.2) is 4.85 Å². The molecule has 15 aromatic rings. The summed E-state index contributed by atoms with van der Waals surface area (Å²) in [7, 11) is 0. The van der Waals surface area contributed by atoms with Crippen molar-refractivity contribution in [2.75, 3.05) is 9.80 Å². The second-order valence-corrected chi connectivity index (χ2v) is 23.7. The van der Waals surface area contributed by atoms with Crippen LogP contribution in [0.5, 0.6) is 0 Å². The van der Waals surface area contributed by atoms with Gasteiger partial charge in [-0.1, -0.05) is 142 Å². The Morgan fingerprint density at radius 2 is 1.00 bits per heavy atom. The number of anilines is 6. The van der Waals surface area contributed by atoms with Crippen LogP contribution in [0.25, 0.3) is 102 Å². The highest BCUT2D eigenvalue weighted by Gasteiger charge is 2.45. The summed E-state index contributed by atoms with van der Waals surface area (Å²) >= 11 is 1.83. The molecule has 0 unspecified atom stereocenters. The van der Waals surface area contributed by atoms with Gasteiger partial charge in [0.2, 0.25) is 5.69 Å². The molecule has 0 bridgehead atoms. The molecule has 0 N–H and O–H groups in total. The third-order valence-electron chi connectivity index (χ3n) is 17.3. The van der Waals surface area contributed by atoms with Gasteiger partial charge in [-0.15, -0.1) is 11.3 Å². The average Bonchev–Trinajstić information content (AvgIpc) is 3.59. The first-order valence-electron chi connectivity index (χ1n) is 27.4. The lowest BCUT2D eigenvalue weighted by Crippen LogP contribution is -2.61. The molecule has 7 nitrogen and oxygen atoms in total. The van der Waals surface area contributed by atoms with Gasteiger partial charge in [0, 0.05) is 98.7 Å². The normalized spacial score (nSPS) is 13.0. The van der Waals surface area contributed by atoms with Gasteiger partial charge >= 0.3 is 0 Å². The second kappa shape index (κ2) is 16.6.